The van der Waals surface area contributed by atoms with E-state index in [0.717, 1.165) is 12.2 Å². The quantitative estimate of drug-likeness (QED) is 0.728. The van der Waals surface area contributed by atoms with Gasteiger partial charge in [0.05, 0.1) is 13.2 Å². The first-order valence-corrected chi connectivity index (χ1v) is 5.60. The largest absolute Gasteiger partial charge is 0.497 e. The normalized spacial score (nSPS) is 25.4. The zero-order valence-corrected chi connectivity index (χ0v) is 9.50. The van der Waals surface area contributed by atoms with Gasteiger partial charge in [0.25, 0.3) is 5.91 Å². The van der Waals surface area contributed by atoms with Crippen molar-refractivity contribution in [2.24, 2.45) is 0 Å². The molecule has 2 unspecified atom stereocenters. The SMILES string of the molecule is COc1ccc(C(=O)N2OC3C=CC2C3)cc1. The molecule has 0 N–H and O–H groups in total. The Morgan fingerprint density at radius 2 is 2.12 bits per heavy atom. The zero-order valence-electron chi connectivity index (χ0n) is 9.50. The van der Waals surface area contributed by atoms with Gasteiger partial charge in [0.2, 0.25) is 0 Å². The predicted octanol–water partition coefficient (Wildman–Crippen LogP) is 1.78. The highest BCUT2D eigenvalue weighted by Crippen LogP contribution is 2.30. The molecule has 3 rings (SSSR count). The number of benzene rings is 1. The minimum atomic E-state index is -0.0931. The van der Waals surface area contributed by atoms with Crippen LogP contribution in [0.15, 0.2) is 36.4 Å². The minimum Gasteiger partial charge on any atom is -0.497 e. The number of carbonyl (C=O) groups excluding carboxylic acids is 1. The average molecular weight is 231 g/mol. The maximum atomic E-state index is 12.2. The van der Waals surface area contributed by atoms with Gasteiger partial charge in [-0.15, -0.1) is 0 Å². The molecule has 1 aromatic carbocycles. The number of hydrogen-bond acceptors (Lipinski definition) is 3. The molecule has 1 amide bonds. The number of hydroxylamine groups is 2. The van der Waals surface area contributed by atoms with Crippen LogP contribution in [0.2, 0.25) is 0 Å². The maximum absolute atomic E-state index is 12.2. The summed E-state index contributed by atoms with van der Waals surface area (Å²) in [5.74, 6) is 0.648. The van der Waals surface area contributed by atoms with Crippen LogP contribution in [0, 0.1) is 0 Å². The standard InChI is InChI=1S/C13H13NO3/c1-16-11-5-2-9(3-6-11)13(15)14-10-4-7-12(8-10)17-14/h2-7,10,12H,8H2,1H3. The van der Waals surface area contributed by atoms with Crippen LogP contribution in [0.1, 0.15) is 16.8 Å². The molecule has 1 aliphatic heterocycles. The third-order valence-electron chi connectivity index (χ3n) is 3.11. The Bertz CT molecular complexity index is 466. The third-order valence-corrected chi connectivity index (χ3v) is 3.11. The second kappa shape index (κ2) is 3.89. The van der Waals surface area contributed by atoms with Crippen molar-refractivity contribution in [3.8, 4) is 5.75 Å². The van der Waals surface area contributed by atoms with Crippen molar-refractivity contribution in [3.05, 3.63) is 42.0 Å². The van der Waals surface area contributed by atoms with Gasteiger partial charge in [-0.05, 0) is 24.3 Å². The van der Waals surface area contributed by atoms with Gasteiger partial charge >= 0.3 is 0 Å². The van der Waals surface area contributed by atoms with E-state index < -0.39 is 0 Å². The van der Waals surface area contributed by atoms with E-state index in [1.54, 1.807) is 31.4 Å². The number of fused-ring (bicyclic) bond motifs is 2. The molecule has 0 saturated carbocycles. The summed E-state index contributed by atoms with van der Waals surface area (Å²) >= 11 is 0. The van der Waals surface area contributed by atoms with Crippen LogP contribution < -0.4 is 4.74 Å². The van der Waals surface area contributed by atoms with Gasteiger partial charge in [0.15, 0.2) is 0 Å². The summed E-state index contributed by atoms with van der Waals surface area (Å²) in [4.78, 5) is 17.7. The van der Waals surface area contributed by atoms with Crippen LogP contribution >= 0.6 is 0 Å². The molecule has 4 nitrogen and oxygen atoms in total. The van der Waals surface area contributed by atoms with Crippen molar-refractivity contribution in [2.75, 3.05) is 7.11 Å². The molecule has 0 aromatic heterocycles. The molecule has 0 radical (unpaired) electrons. The van der Waals surface area contributed by atoms with E-state index in [-0.39, 0.29) is 18.1 Å². The molecule has 17 heavy (non-hydrogen) atoms. The number of rotatable bonds is 2. The molecule has 1 saturated heterocycles. The molecule has 2 atom stereocenters. The smallest absolute Gasteiger partial charge is 0.278 e. The molecule has 0 spiro atoms. The Kier molecular flexibility index (Phi) is 2.37. The molecule has 4 heteroatoms. The van der Waals surface area contributed by atoms with Crippen LogP contribution in [0.5, 0.6) is 5.75 Å². The summed E-state index contributed by atoms with van der Waals surface area (Å²) < 4.78 is 5.06. The lowest BCUT2D eigenvalue weighted by molar-refractivity contribution is -0.114. The summed E-state index contributed by atoms with van der Waals surface area (Å²) in [5, 5.41) is 1.46. The zero-order chi connectivity index (χ0) is 11.8. The number of ether oxygens (including phenoxy) is 1. The van der Waals surface area contributed by atoms with E-state index in [1.807, 2.05) is 12.2 Å². The molecule has 1 aliphatic carbocycles. The molecule has 1 aromatic rings. The number of methoxy groups -OCH3 is 1. The lowest BCUT2D eigenvalue weighted by Crippen LogP contribution is -2.34. The van der Waals surface area contributed by atoms with Crippen molar-refractivity contribution < 1.29 is 14.4 Å². The molecular formula is C13H13NO3. The second-order valence-corrected chi connectivity index (χ2v) is 4.19. The van der Waals surface area contributed by atoms with E-state index in [2.05, 4.69) is 0 Å². The lowest BCUT2D eigenvalue weighted by Gasteiger charge is -2.22. The van der Waals surface area contributed by atoms with E-state index >= 15 is 0 Å². The maximum Gasteiger partial charge on any atom is 0.278 e. The fourth-order valence-electron chi connectivity index (χ4n) is 2.18. The summed E-state index contributed by atoms with van der Waals surface area (Å²) in [6.45, 7) is 0. The highest BCUT2D eigenvalue weighted by Gasteiger charge is 2.38. The first kappa shape index (κ1) is 10.4. The summed E-state index contributed by atoms with van der Waals surface area (Å²) in [6.07, 6.45) is 4.97. The highest BCUT2D eigenvalue weighted by atomic mass is 16.7. The van der Waals surface area contributed by atoms with Gasteiger partial charge in [0, 0.05) is 12.0 Å². The van der Waals surface area contributed by atoms with Gasteiger partial charge in [-0.25, -0.2) is 5.06 Å². The molecule has 88 valence electrons. The molecular weight excluding hydrogens is 218 g/mol. The van der Waals surface area contributed by atoms with Crippen LogP contribution in [0.4, 0.5) is 0 Å². The third kappa shape index (κ3) is 1.70. The Labute approximate surface area is 99.4 Å². The first-order valence-electron chi connectivity index (χ1n) is 5.60. The predicted molar refractivity (Wildman–Crippen MR) is 61.6 cm³/mol. The van der Waals surface area contributed by atoms with Crippen molar-refractivity contribution in [1.29, 1.82) is 0 Å². The Hall–Kier alpha value is -1.81. The Morgan fingerprint density at radius 1 is 1.35 bits per heavy atom. The van der Waals surface area contributed by atoms with Crippen LogP contribution in [-0.4, -0.2) is 30.2 Å². The van der Waals surface area contributed by atoms with Crippen molar-refractivity contribution in [1.82, 2.24) is 5.06 Å². The number of nitrogens with zero attached hydrogens (tertiary/aromatic N) is 1. The van der Waals surface area contributed by atoms with Gasteiger partial charge in [-0.3, -0.25) is 9.63 Å². The molecule has 2 bridgehead atoms. The van der Waals surface area contributed by atoms with Crippen molar-refractivity contribution in [2.45, 2.75) is 18.6 Å². The molecule has 1 heterocycles. The van der Waals surface area contributed by atoms with Crippen LogP contribution in [0.25, 0.3) is 0 Å². The topological polar surface area (TPSA) is 38.8 Å². The monoisotopic (exact) mass is 231 g/mol. The van der Waals surface area contributed by atoms with E-state index in [4.69, 9.17) is 9.57 Å². The second-order valence-electron chi connectivity index (χ2n) is 4.19. The Balaban J connectivity index is 1.79. The molecule has 2 aliphatic rings. The summed E-state index contributed by atoms with van der Waals surface area (Å²) in [5.41, 5.74) is 0.617. The Morgan fingerprint density at radius 3 is 2.65 bits per heavy atom. The number of amides is 1. The summed E-state index contributed by atoms with van der Waals surface area (Å²) in [7, 11) is 1.60. The molecule has 1 fully saturated rings. The van der Waals surface area contributed by atoms with E-state index in [9.17, 15) is 4.79 Å². The summed E-state index contributed by atoms with van der Waals surface area (Å²) in [6, 6.07) is 7.14. The van der Waals surface area contributed by atoms with Gasteiger partial charge in [-0.2, -0.15) is 0 Å². The fourth-order valence-corrected chi connectivity index (χ4v) is 2.18. The number of hydrogen-bond donors (Lipinski definition) is 0. The average Bonchev–Trinajstić information content (AvgIpc) is 3.00. The van der Waals surface area contributed by atoms with Gasteiger partial charge < -0.3 is 4.74 Å². The van der Waals surface area contributed by atoms with E-state index in [1.165, 1.54) is 5.06 Å². The minimum absolute atomic E-state index is 0.0715. The lowest BCUT2D eigenvalue weighted by atomic mass is 10.2. The van der Waals surface area contributed by atoms with E-state index in [0.29, 0.717) is 5.56 Å². The van der Waals surface area contributed by atoms with Crippen molar-refractivity contribution >= 4 is 5.91 Å². The van der Waals surface area contributed by atoms with Gasteiger partial charge in [-0.1, -0.05) is 12.2 Å². The number of carbonyl (C=O) groups is 1. The fraction of sp³-hybridized carbons (Fsp3) is 0.308. The highest BCUT2D eigenvalue weighted by molar-refractivity contribution is 5.94. The van der Waals surface area contributed by atoms with Crippen LogP contribution in [-0.2, 0) is 4.84 Å². The van der Waals surface area contributed by atoms with Crippen molar-refractivity contribution in [3.63, 3.8) is 0 Å². The first-order chi connectivity index (χ1) is 8.28. The van der Waals surface area contributed by atoms with Crippen LogP contribution in [0.3, 0.4) is 0 Å². The van der Waals surface area contributed by atoms with Gasteiger partial charge in [0.1, 0.15) is 11.9 Å².